The number of unbranched alkanes of at least 4 members (excludes halogenated alkanes) is 1. The largest absolute Gasteiger partial charge is 0.460 e. The topological polar surface area (TPSA) is 109 Å². The molecule has 1 rings (SSSR count). The van der Waals surface area contributed by atoms with Gasteiger partial charge in [-0.25, -0.2) is 0 Å². The van der Waals surface area contributed by atoms with Crippen LogP contribution in [0.5, 0.6) is 0 Å². The number of hydrogen-bond donors (Lipinski definition) is 4. The molecule has 0 radical (unpaired) electrons. The van der Waals surface area contributed by atoms with Crippen LogP contribution in [-0.4, -0.2) is 125 Å². The minimum absolute atomic E-state index is 0.00319. The SMILES string of the molecule is OC[C@H]1O[C@H](OCCCCOCCCC(F)(F)C(F)(F)C(F)(F)C(F)(F)C(F)(F)C(F)(F)C(F)(F)C(F)(F)F)[C@@H](O)[C@@H](O)[C@@H]1O. The average Bonchev–Trinajstić information content (AvgIpc) is 2.90. The molecule has 45 heavy (non-hydrogen) atoms. The molecule has 0 bridgehead atoms. The molecular formula is C21H25F17O7. The van der Waals surface area contributed by atoms with Crippen LogP contribution in [0.15, 0.2) is 0 Å². The second kappa shape index (κ2) is 13.9. The van der Waals surface area contributed by atoms with Gasteiger partial charge < -0.3 is 34.6 Å². The Bertz CT molecular complexity index is 945. The number of aliphatic hydroxyl groups is 4. The van der Waals surface area contributed by atoms with Crippen LogP contribution >= 0.6 is 0 Å². The van der Waals surface area contributed by atoms with Gasteiger partial charge in [-0.15, -0.1) is 0 Å². The number of hydrogen-bond acceptors (Lipinski definition) is 7. The van der Waals surface area contributed by atoms with Gasteiger partial charge in [0.2, 0.25) is 0 Å². The summed E-state index contributed by atoms with van der Waals surface area (Å²) >= 11 is 0. The Kier molecular flexibility index (Phi) is 12.9. The lowest BCUT2D eigenvalue weighted by Gasteiger charge is -2.42. The summed E-state index contributed by atoms with van der Waals surface area (Å²) < 4.78 is 240. The van der Waals surface area contributed by atoms with Crippen molar-refractivity contribution in [1.82, 2.24) is 0 Å². The Morgan fingerprint density at radius 1 is 0.511 bits per heavy atom. The maximum atomic E-state index is 13.8. The molecule has 270 valence electrons. The van der Waals surface area contributed by atoms with Gasteiger partial charge in [-0.1, -0.05) is 0 Å². The van der Waals surface area contributed by atoms with E-state index in [1.165, 1.54) is 0 Å². The molecule has 1 aliphatic heterocycles. The fraction of sp³-hybridized carbons (Fsp3) is 1.00. The van der Waals surface area contributed by atoms with Crippen molar-refractivity contribution >= 4 is 0 Å². The van der Waals surface area contributed by atoms with E-state index in [9.17, 15) is 90.0 Å². The zero-order chi connectivity index (χ0) is 35.7. The molecule has 0 saturated carbocycles. The first kappa shape index (κ1) is 41.6. The molecule has 0 spiro atoms. The van der Waals surface area contributed by atoms with Gasteiger partial charge in [-0.3, -0.25) is 0 Å². The molecule has 1 saturated heterocycles. The van der Waals surface area contributed by atoms with Gasteiger partial charge in [0, 0.05) is 26.2 Å². The van der Waals surface area contributed by atoms with E-state index >= 15 is 0 Å². The third-order valence-corrected chi connectivity index (χ3v) is 6.38. The van der Waals surface area contributed by atoms with Crippen molar-refractivity contribution in [3.8, 4) is 0 Å². The van der Waals surface area contributed by atoms with E-state index in [4.69, 9.17) is 14.6 Å². The molecular weight excluding hydrogens is 687 g/mol. The molecule has 5 atom stereocenters. The molecule has 24 heteroatoms. The normalized spacial score (nSPS) is 25.1. The molecule has 7 nitrogen and oxygen atoms in total. The summed E-state index contributed by atoms with van der Waals surface area (Å²) in [7, 11) is 0. The van der Waals surface area contributed by atoms with Gasteiger partial charge in [0.05, 0.1) is 6.61 Å². The lowest BCUT2D eigenvalue weighted by atomic mass is 9.88. The van der Waals surface area contributed by atoms with E-state index in [0.717, 1.165) is 0 Å². The Balaban J connectivity index is 2.73. The maximum Gasteiger partial charge on any atom is 0.460 e. The molecule has 0 aromatic heterocycles. The van der Waals surface area contributed by atoms with E-state index in [1.54, 1.807) is 0 Å². The molecule has 1 aliphatic rings. The third-order valence-electron chi connectivity index (χ3n) is 6.38. The van der Waals surface area contributed by atoms with E-state index < -0.39 is 111 Å². The highest BCUT2D eigenvalue weighted by molar-refractivity contribution is 5.15. The predicted molar refractivity (Wildman–Crippen MR) is 110 cm³/mol. The van der Waals surface area contributed by atoms with Gasteiger partial charge in [-0.05, 0) is 19.3 Å². The van der Waals surface area contributed by atoms with Crippen LogP contribution in [0.4, 0.5) is 74.6 Å². The van der Waals surface area contributed by atoms with E-state index in [2.05, 4.69) is 4.74 Å². The Hall–Kier alpha value is -1.47. The molecule has 1 heterocycles. The molecule has 0 unspecified atom stereocenters. The van der Waals surface area contributed by atoms with Gasteiger partial charge in [0.1, 0.15) is 24.4 Å². The summed E-state index contributed by atoms with van der Waals surface area (Å²) in [6, 6.07) is 0. The van der Waals surface area contributed by atoms with Crippen LogP contribution in [0.2, 0.25) is 0 Å². The Labute approximate surface area is 240 Å². The third kappa shape index (κ3) is 7.50. The van der Waals surface area contributed by atoms with E-state index in [-0.39, 0.29) is 19.4 Å². The maximum absolute atomic E-state index is 13.8. The highest BCUT2D eigenvalue weighted by atomic mass is 19.4. The van der Waals surface area contributed by atoms with Crippen molar-refractivity contribution in [1.29, 1.82) is 0 Å². The number of ether oxygens (including phenoxy) is 3. The minimum atomic E-state index is -8.67. The fourth-order valence-electron chi connectivity index (χ4n) is 3.56. The second-order valence-electron chi connectivity index (χ2n) is 9.64. The average molecular weight is 712 g/mol. The highest BCUT2D eigenvalue weighted by Crippen LogP contribution is 2.64. The van der Waals surface area contributed by atoms with Gasteiger partial charge in [0.15, 0.2) is 6.29 Å². The van der Waals surface area contributed by atoms with Crippen molar-refractivity contribution in [3.05, 3.63) is 0 Å². The Morgan fingerprint density at radius 2 is 0.933 bits per heavy atom. The minimum Gasteiger partial charge on any atom is -0.394 e. The first-order chi connectivity index (χ1) is 20.0. The van der Waals surface area contributed by atoms with Crippen LogP contribution in [-0.2, 0) is 14.2 Å². The van der Waals surface area contributed by atoms with Gasteiger partial charge >= 0.3 is 47.6 Å². The predicted octanol–water partition coefficient (Wildman–Crippen LogP) is 4.39. The summed E-state index contributed by atoms with van der Waals surface area (Å²) in [5, 5.41) is 38.1. The monoisotopic (exact) mass is 712 g/mol. The summed E-state index contributed by atoms with van der Waals surface area (Å²) in [6.07, 6.45) is -19.9. The smallest absolute Gasteiger partial charge is 0.394 e. The first-order valence-electron chi connectivity index (χ1n) is 12.2. The zero-order valence-corrected chi connectivity index (χ0v) is 22.0. The van der Waals surface area contributed by atoms with Crippen molar-refractivity contribution in [2.75, 3.05) is 26.4 Å². The van der Waals surface area contributed by atoms with E-state index in [1.807, 2.05) is 0 Å². The summed E-state index contributed by atoms with van der Waals surface area (Å²) in [6.45, 7) is -2.51. The van der Waals surface area contributed by atoms with Crippen LogP contribution < -0.4 is 0 Å². The van der Waals surface area contributed by atoms with Gasteiger partial charge in [0.25, 0.3) is 0 Å². The summed E-state index contributed by atoms with van der Waals surface area (Å²) in [5.74, 6) is -56.6. The van der Waals surface area contributed by atoms with E-state index in [0.29, 0.717) is 0 Å². The molecule has 0 aromatic carbocycles. The lowest BCUT2D eigenvalue weighted by molar-refractivity contribution is -0.461. The lowest BCUT2D eigenvalue weighted by Crippen LogP contribution is -2.74. The van der Waals surface area contributed by atoms with Gasteiger partial charge in [-0.2, -0.15) is 74.6 Å². The first-order valence-corrected chi connectivity index (χ1v) is 12.2. The number of alkyl halides is 17. The standard InChI is InChI=1S/C21H25F17O7/c22-14(23,4-3-6-43-5-1-2-7-44-13-12(42)11(41)10(40)9(8-39)45-13)15(24,25)16(26,27)17(28,29)18(30,31)19(32,33)20(34,35)21(36,37)38/h9-13,39-42H,1-8H2/t9-,10-,11+,12+,13+/m1/s1. The fourth-order valence-corrected chi connectivity index (χ4v) is 3.56. The zero-order valence-electron chi connectivity index (χ0n) is 22.0. The molecule has 0 amide bonds. The van der Waals surface area contributed by atoms with Crippen molar-refractivity contribution < 1.29 is 109 Å². The summed E-state index contributed by atoms with van der Waals surface area (Å²) in [4.78, 5) is 0. The van der Waals surface area contributed by atoms with Crippen molar-refractivity contribution in [2.24, 2.45) is 0 Å². The van der Waals surface area contributed by atoms with Crippen LogP contribution in [0.1, 0.15) is 25.7 Å². The van der Waals surface area contributed by atoms with Crippen LogP contribution in [0, 0.1) is 0 Å². The number of halogens is 17. The second-order valence-corrected chi connectivity index (χ2v) is 9.64. The molecule has 0 aromatic rings. The molecule has 0 aliphatic carbocycles. The quantitative estimate of drug-likeness (QED) is 0.131. The number of aliphatic hydroxyl groups excluding tert-OH is 4. The van der Waals surface area contributed by atoms with Crippen LogP contribution in [0.25, 0.3) is 0 Å². The van der Waals surface area contributed by atoms with Crippen LogP contribution in [0.3, 0.4) is 0 Å². The number of rotatable bonds is 17. The molecule has 1 fully saturated rings. The highest BCUT2D eigenvalue weighted by Gasteiger charge is 2.95. The summed E-state index contributed by atoms with van der Waals surface area (Å²) in [5.41, 5.74) is 0. The van der Waals surface area contributed by atoms with Crippen molar-refractivity contribution in [3.63, 3.8) is 0 Å². The van der Waals surface area contributed by atoms with Crippen molar-refractivity contribution in [2.45, 2.75) is 104 Å². The Morgan fingerprint density at radius 3 is 1.40 bits per heavy atom. The molecule has 4 N–H and O–H groups in total.